The van der Waals surface area contributed by atoms with Crippen molar-refractivity contribution in [2.45, 2.75) is 44.8 Å². The molecule has 0 aliphatic carbocycles. The summed E-state index contributed by atoms with van der Waals surface area (Å²) in [7, 11) is -3.11. The Balaban J connectivity index is 2.08. The van der Waals surface area contributed by atoms with E-state index in [1.807, 2.05) is 6.92 Å². The Morgan fingerprint density at radius 2 is 1.88 bits per heavy atom. The SMILES string of the molecule is CCCCN(C(=O)Cc1ccc(C(F)(F)F)cc1)C1CCS(=O)(=O)C1. The van der Waals surface area contributed by atoms with Crippen LogP contribution in [0.3, 0.4) is 0 Å². The molecule has 0 N–H and O–H groups in total. The Morgan fingerprint density at radius 3 is 2.36 bits per heavy atom. The summed E-state index contributed by atoms with van der Waals surface area (Å²) in [6.45, 7) is 2.44. The Morgan fingerprint density at radius 1 is 1.24 bits per heavy atom. The number of rotatable bonds is 6. The molecule has 8 heteroatoms. The summed E-state index contributed by atoms with van der Waals surface area (Å²) in [6.07, 6.45) is -2.39. The Bertz CT molecular complexity index is 699. The highest BCUT2D eigenvalue weighted by atomic mass is 32.2. The van der Waals surface area contributed by atoms with Gasteiger partial charge in [-0.15, -0.1) is 0 Å². The fraction of sp³-hybridized carbons (Fsp3) is 0.588. The normalized spacial score (nSPS) is 19.8. The number of carbonyl (C=O) groups excluding carboxylic acids is 1. The van der Waals surface area contributed by atoms with E-state index in [0.29, 0.717) is 18.5 Å². The van der Waals surface area contributed by atoms with Crippen LogP contribution in [0.15, 0.2) is 24.3 Å². The van der Waals surface area contributed by atoms with E-state index in [9.17, 15) is 26.4 Å². The average molecular weight is 377 g/mol. The van der Waals surface area contributed by atoms with Gasteiger partial charge in [0.1, 0.15) is 0 Å². The van der Waals surface area contributed by atoms with E-state index in [0.717, 1.165) is 25.0 Å². The lowest BCUT2D eigenvalue weighted by molar-refractivity contribution is -0.137. The van der Waals surface area contributed by atoms with Gasteiger partial charge in [-0.1, -0.05) is 25.5 Å². The molecule has 1 aliphatic heterocycles. The predicted octanol–water partition coefficient (Wildman–Crippen LogP) is 3.06. The molecule has 0 aromatic heterocycles. The van der Waals surface area contributed by atoms with Crippen molar-refractivity contribution < 1.29 is 26.4 Å². The second-order valence-electron chi connectivity index (χ2n) is 6.37. The van der Waals surface area contributed by atoms with E-state index in [1.54, 1.807) is 4.90 Å². The molecule has 1 unspecified atom stereocenters. The summed E-state index contributed by atoms with van der Waals surface area (Å²) in [4.78, 5) is 14.2. The van der Waals surface area contributed by atoms with Crippen LogP contribution < -0.4 is 0 Å². The molecule has 1 heterocycles. The number of alkyl halides is 3. The number of benzene rings is 1. The van der Waals surface area contributed by atoms with E-state index in [2.05, 4.69) is 0 Å². The highest BCUT2D eigenvalue weighted by molar-refractivity contribution is 7.91. The van der Waals surface area contributed by atoms with E-state index >= 15 is 0 Å². The van der Waals surface area contributed by atoms with Crippen molar-refractivity contribution in [2.75, 3.05) is 18.1 Å². The Hall–Kier alpha value is -1.57. The van der Waals surface area contributed by atoms with Gasteiger partial charge in [0, 0.05) is 12.6 Å². The molecule has 0 bridgehead atoms. The third kappa shape index (κ3) is 5.45. The van der Waals surface area contributed by atoms with Gasteiger partial charge in [-0.3, -0.25) is 4.79 Å². The summed E-state index contributed by atoms with van der Waals surface area (Å²) >= 11 is 0. The minimum atomic E-state index is -4.41. The standard InChI is InChI=1S/C17H22F3NO3S/c1-2-3-9-21(15-8-10-25(23,24)12-15)16(22)11-13-4-6-14(7-5-13)17(18,19)20/h4-7,15H,2-3,8-12H2,1H3. The lowest BCUT2D eigenvalue weighted by atomic mass is 10.1. The molecule has 25 heavy (non-hydrogen) atoms. The summed E-state index contributed by atoms with van der Waals surface area (Å²) in [5.41, 5.74) is -0.270. The number of nitrogens with zero attached hydrogens (tertiary/aromatic N) is 1. The smallest absolute Gasteiger partial charge is 0.338 e. The van der Waals surface area contributed by atoms with Gasteiger partial charge in [0.15, 0.2) is 9.84 Å². The van der Waals surface area contributed by atoms with Gasteiger partial charge in [0.2, 0.25) is 5.91 Å². The summed E-state index contributed by atoms with van der Waals surface area (Å²) in [5, 5.41) is 0. The van der Waals surface area contributed by atoms with E-state index in [1.165, 1.54) is 12.1 Å². The molecule has 2 rings (SSSR count). The number of halogens is 3. The highest BCUT2D eigenvalue weighted by Gasteiger charge is 2.34. The molecule has 1 aromatic rings. The zero-order valence-electron chi connectivity index (χ0n) is 14.1. The quantitative estimate of drug-likeness (QED) is 0.766. The van der Waals surface area contributed by atoms with Crippen LogP contribution in [0.4, 0.5) is 13.2 Å². The van der Waals surface area contributed by atoms with Gasteiger partial charge in [0.05, 0.1) is 23.5 Å². The second-order valence-corrected chi connectivity index (χ2v) is 8.60. The minimum Gasteiger partial charge on any atom is -0.338 e. The molecule has 1 fully saturated rings. The number of amides is 1. The van der Waals surface area contributed by atoms with Gasteiger partial charge >= 0.3 is 6.18 Å². The molecule has 1 aromatic carbocycles. The Kier molecular flexibility index (Phi) is 6.13. The lowest BCUT2D eigenvalue weighted by Gasteiger charge is -2.28. The number of sulfone groups is 1. The maximum atomic E-state index is 12.6. The zero-order chi connectivity index (χ0) is 18.7. The van der Waals surface area contributed by atoms with Crippen LogP contribution in [0.5, 0.6) is 0 Å². The van der Waals surface area contributed by atoms with Crippen LogP contribution in [-0.2, 0) is 27.2 Å². The molecule has 0 saturated carbocycles. The van der Waals surface area contributed by atoms with Gasteiger partial charge < -0.3 is 4.90 Å². The fourth-order valence-corrected chi connectivity index (χ4v) is 4.68. The molecule has 1 amide bonds. The Labute approximate surface area is 145 Å². The van der Waals surface area contributed by atoms with Crippen molar-refractivity contribution in [3.8, 4) is 0 Å². The number of unbranched alkanes of at least 4 members (excludes halogenated alkanes) is 1. The molecule has 1 saturated heterocycles. The largest absolute Gasteiger partial charge is 0.416 e. The maximum Gasteiger partial charge on any atom is 0.416 e. The number of carbonyl (C=O) groups is 1. The molecule has 140 valence electrons. The van der Waals surface area contributed by atoms with Crippen LogP contribution in [0.2, 0.25) is 0 Å². The molecule has 0 radical (unpaired) electrons. The topological polar surface area (TPSA) is 54.5 Å². The van der Waals surface area contributed by atoms with Crippen LogP contribution >= 0.6 is 0 Å². The first-order chi connectivity index (χ1) is 11.6. The first-order valence-electron chi connectivity index (χ1n) is 8.28. The van der Waals surface area contributed by atoms with Crippen molar-refractivity contribution in [2.24, 2.45) is 0 Å². The summed E-state index contributed by atoms with van der Waals surface area (Å²) in [6, 6.07) is 4.17. The van der Waals surface area contributed by atoms with Crippen molar-refractivity contribution in [3.05, 3.63) is 35.4 Å². The van der Waals surface area contributed by atoms with Crippen molar-refractivity contribution in [1.82, 2.24) is 4.90 Å². The average Bonchev–Trinajstić information content (AvgIpc) is 2.87. The first kappa shape index (κ1) is 19.8. The van der Waals surface area contributed by atoms with Crippen molar-refractivity contribution in [1.29, 1.82) is 0 Å². The van der Waals surface area contributed by atoms with Crippen LogP contribution in [0, 0.1) is 0 Å². The second kappa shape index (κ2) is 7.76. The van der Waals surface area contributed by atoms with Gasteiger partial charge in [-0.2, -0.15) is 13.2 Å². The highest BCUT2D eigenvalue weighted by Crippen LogP contribution is 2.29. The van der Waals surface area contributed by atoms with E-state index in [-0.39, 0.29) is 29.9 Å². The third-order valence-corrected chi connectivity index (χ3v) is 6.11. The monoisotopic (exact) mass is 377 g/mol. The zero-order valence-corrected chi connectivity index (χ0v) is 14.9. The molecule has 1 atom stereocenters. The van der Waals surface area contributed by atoms with E-state index < -0.39 is 21.6 Å². The molecular formula is C17H22F3NO3S. The lowest BCUT2D eigenvalue weighted by Crippen LogP contribution is -2.42. The molecular weight excluding hydrogens is 355 g/mol. The van der Waals surface area contributed by atoms with Crippen LogP contribution in [0.25, 0.3) is 0 Å². The van der Waals surface area contributed by atoms with Crippen LogP contribution in [0.1, 0.15) is 37.3 Å². The molecule has 4 nitrogen and oxygen atoms in total. The predicted molar refractivity (Wildman–Crippen MR) is 88.8 cm³/mol. The maximum absolute atomic E-state index is 12.6. The van der Waals surface area contributed by atoms with Gasteiger partial charge in [-0.05, 0) is 30.5 Å². The third-order valence-electron chi connectivity index (χ3n) is 4.36. The van der Waals surface area contributed by atoms with Crippen LogP contribution in [-0.4, -0.2) is 43.3 Å². The molecule has 0 spiro atoms. The summed E-state index contributed by atoms with van der Waals surface area (Å²) in [5.74, 6) is -0.195. The van der Waals surface area contributed by atoms with Crippen molar-refractivity contribution in [3.63, 3.8) is 0 Å². The summed E-state index contributed by atoms with van der Waals surface area (Å²) < 4.78 is 61.2. The molecule has 1 aliphatic rings. The van der Waals surface area contributed by atoms with Crippen molar-refractivity contribution >= 4 is 15.7 Å². The number of hydrogen-bond acceptors (Lipinski definition) is 3. The fourth-order valence-electron chi connectivity index (χ4n) is 2.95. The first-order valence-corrected chi connectivity index (χ1v) is 10.1. The van der Waals surface area contributed by atoms with E-state index in [4.69, 9.17) is 0 Å². The van der Waals surface area contributed by atoms with Gasteiger partial charge in [0.25, 0.3) is 0 Å². The minimum absolute atomic E-state index is 0.0294. The van der Waals surface area contributed by atoms with Gasteiger partial charge in [-0.25, -0.2) is 8.42 Å². The number of hydrogen-bond donors (Lipinski definition) is 0.